The van der Waals surface area contributed by atoms with Gasteiger partial charge in [-0.05, 0) is 11.6 Å². The summed E-state index contributed by atoms with van der Waals surface area (Å²) in [5.74, 6) is 0.884. The van der Waals surface area contributed by atoms with Crippen molar-refractivity contribution in [2.75, 3.05) is 13.2 Å². The number of fused-ring (bicyclic) bond motifs is 1. The predicted octanol–water partition coefficient (Wildman–Crippen LogP) is 1.14. The Morgan fingerprint density at radius 1 is 1.32 bits per heavy atom. The third-order valence-electron chi connectivity index (χ3n) is 3.16. The van der Waals surface area contributed by atoms with Crippen LogP contribution in [0.25, 0.3) is 0 Å². The molecule has 0 saturated carbocycles. The summed E-state index contributed by atoms with van der Waals surface area (Å²) in [5.41, 5.74) is 1.12. The normalized spacial score (nSPS) is 12.8. The van der Waals surface area contributed by atoms with Gasteiger partial charge in [0.15, 0.2) is 5.69 Å². The second-order valence-corrected chi connectivity index (χ2v) is 4.72. The van der Waals surface area contributed by atoms with Gasteiger partial charge in [-0.2, -0.15) is 4.98 Å². The number of nitrogens with zero attached hydrogens (tertiary/aromatic N) is 3. The SMILES string of the molecule is CCc1nc2c(c(C(=O)NCc3cccnc3)n1)OCCO2. The molecule has 3 heterocycles. The summed E-state index contributed by atoms with van der Waals surface area (Å²) in [5, 5.41) is 2.81. The summed E-state index contributed by atoms with van der Waals surface area (Å²) in [4.78, 5) is 24.9. The van der Waals surface area contributed by atoms with Crippen LogP contribution in [0.1, 0.15) is 28.8 Å². The van der Waals surface area contributed by atoms with Crippen molar-refractivity contribution in [2.45, 2.75) is 19.9 Å². The summed E-state index contributed by atoms with van der Waals surface area (Å²) < 4.78 is 11.0. The third kappa shape index (κ3) is 2.98. The smallest absolute Gasteiger partial charge is 0.274 e. The van der Waals surface area contributed by atoms with Gasteiger partial charge in [0.2, 0.25) is 5.75 Å². The summed E-state index contributed by atoms with van der Waals surface area (Å²) in [6.07, 6.45) is 4.00. The zero-order chi connectivity index (χ0) is 15.4. The Hall–Kier alpha value is -2.70. The van der Waals surface area contributed by atoms with Gasteiger partial charge in [-0.1, -0.05) is 13.0 Å². The van der Waals surface area contributed by atoms with Crippen LogP contribution < -0.4 is 14.8 Å². The van der Waals surface area contributed by atoms with Crippen molar-refractivity contribution >= 4 is 5.91 Å². The van der Waals surface area contributed by atoms with Crippen molar-refractivity contribution in [3.8, 4) is 11.6 Å². The average Bonchev–Trinajstić information content (AvgIpc) is 2.59. The first-order chi connectivity index (χ1) is 10.8. The van der Waals surface area contributed by atoms with E-state index in [1.807, 2.05) is 19.1 Å². The van der Waals surface area contributed by atoms with Crippen molar-refractivity contribution in [1.82, 2.24) is 20.3 Å². The number of aromatic nitrogens is 3. The zero-order valence-corrected chi connectivity index (χ0v) is 12.2. The van der Waals surface area contributed by atoms with Crippen molar-refractivity contribution < 1.29 is 14.3 Å². The first kappa shape index (κ1) is 14.2. The van der Waals surface area contributed by atoms with Crippen LogP contribution in [0.2, 0.25) is 0 Å². The first-order valence-corrected chi connectivity index (χ1v) is 7.11. The minimum Gasteiger partial charge on any atom is -0.483 e. The van der Waals surface area contributed by atoms with E-state index < -0.39 is 0 Å². The predicted molar refractivity (Wildman–Crippen MR) is 77.8 cm³/mol. The average molecular weight is 300 g/mol. The van der Waals surface area contributed by atoms with E-state index in [1.54, 1.807) is 12.4 Å². The zero-order valence-electron chi connectivity index (χ0n) is 12.2. The van der Waals surface area contributed by atoms with Gasteiger partial charge in [0.25, 0.3) is 11.8 Å². The van der Waals surface area contributed by atoms with Crippen molar-refractivity contribution in [3.05, 3.63) is 41.6 Å². The number of amides is 1. The maximum atomic E-state index is 12.4. The van der Waals surface area contributed by atoms with Gasteiger partial charge in [0, 0.05) is 25.4 Å². The quantitative estimate of drug-likeness (QED) is 0.911. The maximum absolute atomic E-state index is 12.4. The number of pyridine rings is 1. The Morgan fingerprint density at radius 2 is 2.18 bits per heavy atom. The highest BCUT2D eigenvalue weighted by atomic mass is 16.6. The summed E-state index contributed by atoms with van der Waals surface area (Å²) in [6, 6.07) is 3.71. The molecule has 0 radical (unpaired) electrons. The highest BCUT2D eigenvalue weighted by molar-refractivity contribution is 5.95. The van der Waals surface area contributed by atoms with Gasteiger partial charge in [0.1, 0.15) is 19.0 Å². The Bertz CT molecular complexity index is 676. The first-order valence-electron chi connectivity index (χ1n) is 7.11. The lowest BCUT2D eigenvalue weighted by Gasteiger charge is -2.19. The van der Waals surface area contributed by atoms with Crippen LogP contribution in [0, 0.1) is 0 Å². The fraction of sp³-hybridized carbons (Fsp3) is 0.333. The number of hydrogen-bond donors (Lipinski definition) is 1. The van der Waals surface area contributed by atoms with Gasteiger partial charge in [-0.25, -0.2) is 4.98 Å². The Kier molecular flexibility index (Phi) is 4.13. The number of rotatable bonds is 4. The molecule has 0 unspecified atom stereocenters. The van der Waals surface area contributed by atoms with E-state index in [9.17, 15) is 4.79 Å². The molecule has 1 aliphatic heterocycles. The van der Waals surface area contributed by atoms with Gasteiger partial charge >= 0.3 is 0 Å². The molecular formula is C15H16N4O3. The molecule has 2 aromatic rings. The second-order valence-electron chi connectivity index (χ2n) is 4.72. The van der Waals surface area contributed by atoms with Crippen LogP contribution in [-0.4, -0.2) is 34.1 Å². The second kappa shape index (κ2) is 6.38. The van der Waals surface area contributed by atoms with E-state index in [2.05, 4.69) is 20.3 Å². The van der Waals surface area contributed by atoms with E-state index in [4.69, 9.17) is 9.47 Å². The van der Waals surface area contributed by atoms with E-state index in [1.165, 1.54) is 0 Å². The molecule has 1 amide bonds. The lowest BCUT2D eigenvalue weighted by molar-refractivity contribution is 0.0930. The highest BCUT2D eigenvalue weighted by Gasteiger charge is 2.24. The molecule has 0 bridgehead atoms. The molecule has 0 aliphatic carbocycles. The number of carbonyl (C=O) groups is 1. The van der Waals surface area contributed by atoms with E-state index >= 15 is 0 Å². The number of ether oxygens (including phenoxy) is 2. The number of nitrogens with one attached hydrogen (secondary N) is 1. The third-order valence-corrected chi connectivity index (χ3v) is 3.16. The van der Waals surface area contributed by atoms with E-state index in [0.29, 0.717) is 43.6 Å². The molecule has 7 heteroatoms. The molecule has 7 nitrogen and oxygen atoms in total. The van der Waals surface area contributed by atoms with Gasteiger partial charge in [-0.15, -0.1) is 0 Å². The van der Waals surface area contributed by atoms with Crippen LogP contribution in [-0.2, 0) is 13.0 Å². The molecule has 1 N–H and O–H groups in total. The van der Waals surface area contributed by atoms with Crippen LogP contribution in [0.4, 0.5) is 0 Å². The summed E-state index contributed by atoms with van der Waals surface area (Å²) in [7, 11) is 0. The Labute approximate surface area is 127 Å². The van der Waals surface area contributed by atoms with Crippen molar-refractivity contribution in [1.29, 1.82) is 0 Å². The lowest BCUT2D eigenvalue weighted by atomic mass is 10.2. The van der Waals surface area contributed by atoms with Gasteiger partial charge < -0.3 is 14.8 Å². The number of hydrogen-bond acceptors (Lipinski definition) is 6. The molecule has 0 fully saturated rings. The molecule has 1 aliphatic rings. The monoisotopic (exact) mass is 300 g/mol. The van der Waals surface area contributed by atoms with Crippen LogP contribution in [0.5, 0.6) is 11.6 Å². The van der Waals surface area contributed by atoms with Crippen LogP contribution in [0.15, 0.2) is 24.5 Å². The molecule has 2 aromatic heterocycles. The maximum Gasteiger partial charge on any atom is 0.274 e. The summed E-state index contributed by atoms with van der Waals surface area (Å²) >= 11 is 0. The fourth-order valence-electron chi connectivity index (χ4n) is 2.06. The van der Waals surface area contributed by atoms with E-state index in [0.717, 1.165) is 5.56 Å². The standard InChI is InChI=1S/C15H16N4O3/c1-2-11-18-12(13-15(19-11)22-7-6-21-13)14(20)17-9-10-4-3-5-16-8-10/h3-5,8H,2,6-7,9H2,1H3,(H,17,20). The minimum atomic E-state index is -0.317. The van der Waals surface area contributed by atoms with Gasteiger partial charge in [-0.3, -0.25) is 9.78 Å². The topological polar surface area (TPSA) is 86.2 Å². The minimum absolute atomic E-state index is 0.213. The molecule has 114 valence electrons. The molecule has 0 atom stereocenters. The number of carbonyl (C=O) groups excluding carboxylic acids is 1. The summed E-state index contributed by atoms with van der Waals surface area (Å²) in [6.45, 7) is 3.09. The van der Waals surface area contributed by atoms with Crippen molar-refractivity contribution in [2.24, 2.45) is 0 Å². The molecule has 0 aromatic carbocycles. The van der Waals surface area contributed by atoms with E-state index in [-0.39, 0.29) is 11.6 Å². The molecular weight excluding hydrogens is 284 g/mol. The lowest BCUT2D eigenvalue weighted by Crippen LogP contribution is -2.27. The van der Waals surface area contributed by atoms with Gasteiger partial charge in [0.05, 0.1) is 0 Å². The van der Waals surface area contributed by atoms with Crippen LogP contribution in [0.3, 0.4) is 0 Å². The molecule has 3 rings (SSSR count). The highest BCUT2D eigenvalue weighted by Crippen LogP contribution is 2.30. The van der Waals surface area contributed by atoms with Crippen molar-refractivity contribution in [3.63, 3.8) is 0 Å². The molecule has 0 saturated heterocycles. The molecule has 0 spiro atoms. The number of aryl methyl sites for hydroxylation is 1. The Balaban J connectivity index is 1.82. The Morgan fingerprint density at radius 3 is 2.95 bits per heavy atom. The molecule has 22 heavy (non-hydrogen) atoms. The van der Waals surface area contributed by atoms with Crippen LogP contribution >= 0.6 is 0 Å². The fourth-order valence-corrected chi connectivity index (χ4v) is 2.06. The largest absolute Gasteiger partial charge is 0.483 e.